The molecule has 0 aromatic heterocycles. The van der Waals surface area contributed by atoms with Crippen molar-refractivity contribution in [3.05, 3.63) is 24.5 Å². The summed E-state index contributed by atoms with van der Waals surface area (Å²) in [6.45, 7) is 1.73. The molecule has 0 amide bonds. The minimum Gasteiger partial charge on any atom is -0.494 e. The Hall–Kier alpha value is -0.760. The highest BCUT2D eigenvalue weighted by atomic mass is 16.5. The number of allylic oxidation sites excluding steroid dienone is 1. The lowest BCUT2D eigenvalue weighted by atomic mass is 10.1. The summed E-state index contributed by atoms with van der Waals surface area (Å²) in [6.07, 6.45) is 9.26. The Labute approximate surface area is 67.2 Å². The maximum atomic E-state index is 8.92. The zero-order valence-electron chi connectivity index (χ0n) is 6.73. The molecule has 1 aliphatic heterocycles. The average Bonchev–Trinajstić information content (AvgIpc) is 2.03. The van der Waals surface area contributed by atoms with Gasteiger partial charge in [0.25, 0.3) is 0 Å². The van der Waals surface area contributed by atoms with Crippen LogP contribution in [0.2, 0.25) is 0 Å². The summed E-state index contributed by atoms with van der Waals surface area (Å²) in [5, 5.41) is 8.92. The Kier molecular flexibility index (Phi) is 3.17. The zero-order valence-corrected chi connectivity index (χ0v) is 6.73. The van der Waals surface area contributed by atoms with Crippen LogP contribution in [0.1, 0.15) is 19.8 Å². The van der Waals surface area contributed by atoms with E-state index < -0.39 is 0 Å². The maximum absolute atomic E-state index is 8.92. The molecule has 62 valence electrons. The summed E-state index contributed by atoms with van der Waals surface area (Å²) in [5.41, 5.74) is 0. The second-order valence-electron chi connectivity index (χ2n) is 2.75. The van der Waals surface area contributed by atoms with E-state index >= 15 is 0 Å². The van der Waals surface area contributed by atoms with E-state index in [1.807, 2.05) is 12.2 Å². The van der Waals surface area contributed by atoms with Crippen LogP contribution in [0.5, 0.6) is 0 Å². The fraction of sp³-hybridized carbons (Fsp3) is 0.556. The monoisotopic (exact) mass is 154 g/mol. The molecule has 2 heteroatoms. The lowest BCUT2D eigenvalue weighted by molar-refractivity contribution is 0.162. The third kappa shape index (κ3) is 3.23. The van der Waals surface area contributed by atoms with Crippen LogP contribution in [-0.4, -0.2) is 17.3 Å². The van der Waals surface area contributed by atoms with Gasteiger partial charge in [0.1, 0.15) is 6.10 Å². The minimum atomic E-state index is -0.371. The first kappa shape index (κ1) is 8.34. The minimum absolute atomic E-state index is 0.162. The standard InChI is InChI=1S/C9H14O2/c1-8(10)5-6-9-4-2-3-7-11-9/h3,5-10H,2,4H2,1H3/b6-5+. The van der Waals surface area contributed by atoms with Gasteiger partial charge in [-0.1, -0.05) is 6.08 Å². The largest absolute Gasteiger partial charge is 0.494 e. The lowest BCUT2D eigenvalue weighted by Gasteiger charge is -2.15. The zero-order chi connectivity index (χ0) is 8.10. The Morgan fingerprint density at radius 2 is 2.55 bits per heavy atom. The van der Waals surface area contributed by atoms with Gasteiger partial charge in [-0.2, -0.15) is 0 Å². The summed E-state index contributed by atoms with van der Waals surface area (Å²) >= 11 is 0. The van der Waals surface area contributed by atoms with Crippen molar-refractivity contribution in [2.75, 3.05) is 0 Å². The summed E-state index contributed by atoms with van der Waals surface area (Å²) in [4.78, 5) is 0. The third-order valence-corrected chi connectivity index (χ3v) is 1.57. The number of rotatable bonds is 2. The predicted octanol–water partition coefficient (Wildman–Crippen LogP) is 1.62. The smallest absolute Gasteiger partial charge is 0.116 e. The first-order chi connectivity index (χ1) is 5.29. The number of hydrogen-bond donors (Lipinski definition) is 1. The molecule has 11 heavy (non-hydrogen) atoms. The van der Waals surface area contributed by atoms with Crippen LogP contribution in [0.25, 0.3) is 0 Å². The van der Waals surface area contributed by atoms with Gasteiger partial charge in [0.15, 0.2) is 0 Å². The van der Waals surface area contributed by atoms with Gasteiger partial charge in [-0.3, -0.25) is 0 Å². The molecule has 1 heterocycles. The molecule has 0 aliphatic carbocycles. The molecule has 0 aromatic rings. The van der Waals surface area contributed by atoms with Crippen molar-refractivity contribution in [2.45, 2.75) is 32.0 Å². The SMILES string of the molecule is CC(O)/C=C/C1CCC=CO1. The van der Waals surface area contributed by atoms with Crippen LogP contribution in [-0.2, 0) is 4.74 Å². The molecule has 2 unspecified atom stereocenters. The highest BCUT2D eigenvalue weighted by Crippen LogP contribution is 2.11. The summed E-state index contributed by atoms with van der Waals surface area (Å²) < 4.78 is 5.25. The molecular weight excluding hydrogens is 140 g/mol. The Bertz CT molecular complexity index is 159. The molecule has 0 aromatic carbocycles. The molecule has 2 atom stereocenters. The molecule has 1 aliphatic rings. The molecule has 0 bridgehead atoms. The van der Waals surface area contributed by atoms with Crippen LogP contribution in [0.4, 0.5) is 0 Å². The average molecular weight is 154 g/mol. The van der Waals surface area contributed by atoms with Gasteiger partial charge in [0, 0.05) is 0 Å². The normalized spacial score (nSPS) is 26.9. The van der Waals surface area contributed by atoms with E-state index in [0.29, 0.717) is 0 Å². The topological polar surface area (TPSA) is 29.5 Å². The molecule has 0 saturated carbocycles. The fourth-order valence-corrected chi connectivity index (χ4v) is 0.979. The van der Waals surface area contributed by atoms with Gasteiger partial charge in [-0.05, 0) is 31.9 Å². The summed E-state index contributed by atoms with van der Waals surface area (Å²) in [6, 6.07) is 0. The van der Waals surface area contributed by atoms with Crippen molar-refractivity contribution in [2.24, 2.45) is 0 Å². The molecule has 0 saturated heterocycles. The number of aliphatic hydroxyl groups is 1. The van der Waals surface area contributed by atoms with Gasteiger partial charge in [-0.15, -0.1) is 0 Å². The van der Waals surface area contributed by atoms with Crippen molar-refractivity contribution in [1.82, 2.24) is 0 Å². The van der Waals surface area contributed by atoms with Crippen LogP contribution in [0, 0.1) is 0 Å². The van der Waals surface area contributed by atoms with E-state index in [0.717, 1.165) is 12.8 Å². The summed E-state index contributed by atoms with van der Waals surface area (Å²) in [5.74, 6) is 0. The van der Waals surface area contributed by atoms with E-state index in [2.05, 4.69) is 0 Å². The molecule has 2 nitrogen and oxygen atoms in total. The molecular formula is C9H14O2. The van der Waals surface area contributed by atoms with Crippen molar-refractivity contribution in [3.8, 4) is 0 Å². The quantitative estimate of drug-likeness (QED) is 0.612. The van der Waals surface area contributed by atoms with Gasteiger partial charge >= 0.3 is 0 Å². The number of aliphatic hydroxyl groups excluding tert-OH is 1. The predicted molar refractivity (Wildman–Crippen MR) is 44.1 cm³/mol. The van der Waals surface area contributed by atoms with Gasteiger partial charge in [-0.25, -0.2) is 0 Å². The fourth-order valence-electron chi connectivity index (χ4n) is 0.979. The van der Waals surface area contributed by atoms with E-state index in [-0.39, 0.29) is 12.2 Å². The Morgan fingerprint density at radius 1 is 1.73 bits per heavy atom. The molecule has 1 N–H and O–H groups in total. The molecule has 1 rings (SSSR count). The van der Waals surface area contributed by atoms with Gasteiger partial charge in [0.05, 0.1) is 12.4 Å². The van der Waals surface area contributed by atoms with E-state index in [1.54, 1.807) is 19.3 Å². The second-order valence-corrected chi connectivity index (χ2v) is 2.75. The Morgan fingerprint density at radius 3 is 3.09 bits per heavy atom. The van der Waals surface area contributed by atoms with Crippen molar-refractivity contribution < 1.29 is 9.84 Å². The van der Waals surface area contributed by atoms with Crippen LogP contribution in [0.15, 0.2) is 24.5 Å². The number of ether oxygens (including phenoxy) is 1. The van der Waals surface area contributed by atoms with Gasteiger partial charge in [0.2, 0.25) is 0 Å². The summed E-state index contributed by atoms with van der Waals surface area (Å²) in [7, 11) is 0. The second kappa shape index (κ2) is 4.19. The Balaban J connectivity index is 2.31. The lowest BCUT2D eigenvalue weighted by Crippen LogP contribution is -2.09. The first-order valence-electron chi connectivity index (χ1n) is 3.96. The van der Waals surface area contributed by atoms with E-state index in [4.69, 9.17) is 9.84 Å². The first-order valence-corrected chi connectivity index (χ1v) is 3.96. The van der Waals surface area contributed by atoms with Crippen molar-refractivity contribution >= 4 is 0 Å². The van der Waals surface area contributed by atoms with E-state index in [9.17, 15) is 0 Å². The molecule has 0 radical (unpaired) electrons. The van der Waals surface area contributed by atoms with Gasteiger partial charge < -0.3 is 9.84 Å². The third-order valence-electron chi connectivity index (χ3n) is 1.57. The van der Waals surface area contributed by atoms with Crippen LogP contribution >= 0.6 is 0 Å². The van der Waals surface area contributed by atoms with Crippen LogP contribution < -0.4 is 0 Å². The molecule has 0 spiro atoms. The van der Waals surface area contributed by atoms with E-state index in [1.165, 1.54) is 0 Å². The van der Waals surface area contributed by atoms with Crippen LogP contribution in [0.3, 0.4) is 0 Å². The molecule has 0 fully saturated rings. The highest BCUT2D eigenvalue weighted by Gasteiger charge is 2.05. The number of hydrogen-bond acceptors (Lipinski definition) is 2. The van der Waals surface area contributed by atoms with Crippen molar-refractivity contribution in [1.29, 1.82) is 0 Å². The van der Waals surface area contributed by atoms with Crippen molar-refractivity contribution in [3.63, 3.8) is 0 Å². The maximum Gasteiger partial charge on any atom is 0.116 e. The highest BCUT2D eigenvalue weighted by molar-refractivity contribution is 4.97.